The summed E-state index contributed by atoms with van der Waals surface area (Å²) >= 11 is 0. The molecule has 5 nitrogen and oxygen atoms in total. The van der Waals surface area contributed by atoms with Crippen LogP contribution >= 0.6 is 0 Å². The third-order valence-corrected chi connectivity index (χ3v) is 3.68. The van der Waals surface area contributed by atoms with Gasteiger partial charge in [-0.15, -0.1) is 0 Å². The molecule has 1 heterocycles. The molecule has 0 unspecified atom stereocenters. The van der Waals surface area contributed by atoms with Crippen molar-refractivity contribution < 1.29 is 14.3 Å². The molecule has 2 aromatic carbocycles. The van der Waals surface area contributed by atoms with Crippen LogP contribution in [0.25, 0.3) is 0 Å². The number of ether oxygens (including phenoxy) is 2. The van der Waals surface area contributed by atoms with Gasteiger partial charge in [-0.3, -0.25) is 0 Å². The maximum atomic E-state index is 12.2. The second kappa shape index (κ2) is 6.60. The van der Waals surface area contributed by atoms with E-state index in [2.05, 4.69) is 5.32 Å². The molecule has 0 spiro atoms. The molecule has 0 saturated carbocycles. The van der Waals surface area contributed by atoms with Gasteiger partial charge in [0.15, 0.2) is 11.5 Å². The number of hydrogen-bond donors (Lipinski definition) is 1. The number of nitrogens with one attached hydrogen (secondary N) is 1. The van der Waals surface area contributed by atoms with Gasteiger partial charge in [0, 0.05) is 19.3 Å². The van der Waals surface area contributed by atoms with E-state index in [1.807, 2.05) is 49.4 Å². The van der Waals surface area contributed by atoms with Crippen molar-refractivity contribution in [3.63, 3.8) is 0 Å². The van der Waals surface area contributed by atoms with Gasteiger partial charge >= 0.3 is 6.03 Å². The monoisotopic (exact) mass is 312 g/mol. The van der Waals surface area contributed by atoms with E-state index in [4.69, 9.17) is 9.47 Å². The van der Waals surface area contributed by atoms with Crippen molar-refractivity contribution in [2.24, 2.45) is 0 Å². The molecule has 2 amide bonds. The van der Waals surface area contributed by atoms with Crippen LogP contribution < -0.4 is 14.8 Å². The Morgan fingerprint density at radius 1 is 1.09 bits per heavy atom. The Balaban J connectivity index is 1.62. The molecular formula is C18H20N2O3. The van der Waals surface area contributed by atoms with Crippen molar-refractivity contribution >= 4 is 11.7 Å². The molecule has 0 saturated heterocycles. The molecule has 1 aliphatic rings. The highest BCUT2D eigenvalue weighted by molar-refractivity contribution is 5.89. The molecular weight excluding hydrogens is 292 g/mol. The molecule has 1 N–H and O–H groups in total. The van der Waals surface area contributed by atoms with Crippen LogP contribution in [0.15, 0.2) is 42.5 Å². The minimum absolute atomic E-state index is 0.149. The van der Waals surface area contributed by atoms with E-state index < -0.39 is 0 Å². The largest absolute Gasteiger partial charge is 0.486 e. The van der Waals surface area contributed by atoms with E-state index in [0.717, 1.165) is 28.3 Å². The van der Waals surface area contributed by atoms with E-state index in [1.165, 1.54) is 0 Å². The number of anilines is 1. The Hall–Kier alpha value is -2.69. The summed E-state index contributed by atoms with van der Waals surface area (Å²) in [6.07, 6.45) is 0. The molecule has 0 bridgehead atoms. The van der Waals surface area contributed by atoms with Gasteiger partial charge in [0.2, 0.25) is 0 Å². The molecule has 5 heteroatoms. The summed E-state index contributed by atoms with van der Waals surface area (Å²) in [5, 5.41) is 2.88. The summed E-state index contributed by atoms with van der Waals surface area (Å²) in [5.41, 5.74) is 2.94. The normalized spacial score (nSPS) is 12.6. The lowest BCUT2D eigenvalue weighted by atomic mass is 10.2. The summed E-state index contributed by atoms with van der Waals surface area (Å²) in [7, 11) is 1.76. The molecule has 0 aromatic heterocycles. The SMILES string of the molecule is Cc1ccc(NC(=O)N(C)Cc2ccc3c(c2)OCCO3)cc1. The lowest BCUT2D eigenvalue weighted by Gasteiger charge is -2.21. The number of nitrogens with zero attached hydrogens (tertiary/aromatic N) is 1. The molecule has 0 atom stereocenters. The maximum absolute atomic E-state index is 12.2. The van der Waals surface area contributed by atoms with E-state index in [1.54, 1.807) is 11.9 Å². The predicted molar refractivity (Wildman–Crippen MR) is 89.1 cm³/mol. The average molecular weight is 312 g/mol. The lowest BCUT2D eigenvalue weighted by molar-refractivity contribution is 0.171. The number of amides is 2. The number of carbonyl (C=O) groups excluding carboxylic acids is 1. The number of urea groups is 1. The Bertz CT molecular complexity index is 698. The minimum Gasteiger partial charge on any atom is -0.486 e. The molecule has 23 heavy (non-hydrogen) atoms. The Morgan fingerprint density at radius 3 is 2.52 bits per heavy atom. The third kappa shape index (κ3) is 3.74. The zero-order valence-electron chi connectivity index (χ0n) is 13.3. The van der Waals surface area contributed by atoms with Crippen LogP contribution in [0.1, 0.15) is 11.1 Å². The first-order chi connectivity index (χ1) is 11.1. The topological polar surface area (TPSA) is 50.8 Å². The van der Waals surface area contributed by atoms with Crippen LogP contribution in [0.4, 0.5) is 10.5 Å². The summed E-state index contributed by atoms with van der Waals surface area (Å²) in [4.78, 5) is 13.9. The quantitative estimate of drug-likeness (QED) is 0.944. The van der Waals surface area contributed by atoms with Crippen LogP contribution in [0.3, 0.4) is 0 Å². The summed E-state index contributed by atoms with van der Waals surface area (Å²) in [6, 6.07) is 13.3. The highest BCUT2D eigenvalue weighted by Crippen LogP contribution is 2.31. The number of aryl methyl sites for hydroxylation is 1. The maximum Gasteiger partial charge on any atom is 0.321 e. The van der Waals surface area contributed by atoms with Crippen molar-refractivity contribution in [2.45, 2.75) is 13.5 Å². The predicted octanol–water partition coefficient (Wildman–Crippen LogP) is 3.43. The molecule has 0 radical (unpaired) electrons. The Labute approximate surface area is 135 Å². The van der Waals surface area contributed by atoms with Crippen LogP contribution in [0, 0.1) is 6.92 Å². The van der Waals surface area contributed by atoms with E-state index in [-0.39, 0.29) is 6.03 Å². The van der Waals surface area contributed by atoms with Gasteiger partial charge in [0.25, 0.3) is 0 Å². The van der Waals surface area contributed by atoms with Gasteiger partial charge in [0.05, 0.1) is 0 Å². The van der Waals surface area contributed by atoms with Crippen molar-refractivity contribution in [2.75, 3.05) is 25.6 Å². The zero-order valence-corrected chi connectivity index (χ0v) is 13.3. The van der Waals surface area contributed by atoms with Gasteiger partial charge in [-0.2, -0.15) is 0 Å². The van der Waals surface area contributed by atoms with Gasteiger partial charge in [-0.1, -0.05) is 23.8 Å². The van der Waals surface area contributed by atoms with Crippen molar-refractivity contribution in [3.8, 4) is 11.5 Å². The fourth-order valence-electron chi connectivity index (χ4n) is 2.39. The zero-order chi connectivity index (χ0) is 16.2. The fourth-order valence-corrected chi connectivity index (χ4v) is 2.39. The summed E-state index contributed by atoms with van der Waals surface area (Å²) in [6.45, 7) is 3.64. The Morgan fingerprint density at radius 2 is 1.78 bits per heavy atom. The average Bonchev–Trinajstić information content (AvgIpc) is 2.56. The number of carbonyl (C=O) groups is 1. The standard InChI is InChI=1S/C18H20N2O3/c1-13-3-6-15(7-4-13)19-18(21)20(2)12-14-5-8-16-17(11-14)23-10-9-22-16/h3-8,11H,9-10,12H2,1-2H3,(H,19,21). The second-order valence-electron chi connectivity index (χ2n) is 5.63. The molecule has 3 rings (SSSR count). The van der Waals surface area contributed by atoms with Gasteiger partial charge in [-0.05, 0) is 36.8 Å². The molecule has 120 valence electrons. The highest BCUT2D eigenvalue weighted by atomic mass is 16.6. The fraction of sp³-hybridized carbons (Fsp3) is 0.278. The first-order valence-electron chi connectivity index (χ1n) is 7.59. The van der Waals surface area contributed by atoms with Crippen molar-refractivity contribution in [3.05, 3.63) is 53.6 Å². The van der Waals surface area contributed by atoms with Crippen LogP contribution in [0.2, 0.25) is 0 Å². The summed E-state index contributed by atoms with van der Waals surface area (Å²) in [5.74, 6) is 1.49. The smallest absolute Gasteiger partial charge is 0.321 e. The van der Waals surface area contributed by atoms with Gasteiger partial charge in [0.1, 0.15) is 13.2 Å². The molecule has 1 aliphatic heterocycles. The second-order valence-corrected chi connectivity index (χ2v) is 5.63. The lowest BCUT2D eigenvalue weighted by Crippen LogP contribution is -2.30. The number of hydrogen-bond acceptors (Lipinski definition) is 3. The number of rotatable bonds is 3. The van der Waals surface area contributed by atoms with Crippen LogP contribution in [0.5, 0.6) is 11.5 Å². The molecule has 2 aromatic rings. The summed E-state index contributed by atoms with van der Waals surface area (Å²) < 4.78 is 11.1. The van der Waals surface area contributed by atoms with E-state index >= 15 is 0 Å². The number of fused-ring (bicyclic) bond motifs is 1. The van der Waals surface area contributed by atoms with E-state index in [0.29, 0.717) is 19.8 Å². The minimum atomic E-state index is -0.149. The highest BCUT2D eigenvalue weighted by Gasteiger charge is 2.14. The van der Waals surface area contributed by atoms with E-state index in [9.17, 15) is 4.79 Å². The van der Waals surface area contributed by atoms with Crippen molar-refractivity contribution in [1.29, 1.82) is 0 Å². The van der Waals surface area contributed by atoms with Gasteiger partial charge in [-0.25, -0.2) is 4.79 Å². The first kappa shape index (κ1) is 15.2. The van der Waals surface area contributed by atoms with Gasteiger partial charge < -0.3 is 19.7 Å². The third-order valence-electron chi connectivity index (χ3n) is 3.68. The molecule has 0 aliphatic carbocycles. The van der Waals surface area contributed by atoms with Crippen LogP contribution in [-0.4, -0.2) is 31.2 Å². The first-order valence-corrected chi connectivity index (χ1v) is 7.59. The van der Waals surface area contributed by atoms with Crippen LogP contribution in [-0.2, 0) is 6.54 Å². The molecule has 0 fully saturated rings. The number of benzene rings is 2. The Kier molecular flexibility index (Phi) is 4.37. The van der Waals surface area contributed by atoms with Crippen molar-refractivity contribution in [1.82, 2.24) is 4.90 Å².